The summed E-state index contributed by atoms with van der Waals surface area (Å²) in [5.74, 6) is 0.969. The second kappa shape index (κ2) is 5.96. The molecule has 0 heterocycles. The first-order chi connectivity index (χ1) is 8.77. The Morgan fingerprint density at radius 2 is 1.72 bits per heavy atom. The van der Waals surface area contributed by atoms with Gasteiger partial charge >= 0.3 is 0 Å². The lowest BCUT2D eigenvalue weighted by molar-refractivity contribution is 0.337. The molecule has 2 aromatic rings. The Kier molecular flexibility index (Phi) is 4.32. The largest absolute Gasteiger partial charge is 0.494 e. The van der Waals surface area contributed by atoms with Crippen LogP contribution in [0.4, 0.5) is 0 Å². The molecule has 0 aliphatic carbocycles. The van der Waals surface area contributed by atoms with Crippen LogP contribution in [0.1, 0.15) is 19.4 Å². The summed E-state index contributed by atoms with van der Waals surface area (Å²) in [6.45, 7) is 4.85. The van der Waals surface area contributed by atoms with E-state index in [0.717, 1.165) is 17.1 Å². The van der Waals surface area contributed by atoms with Crippen molar-refractivity contribution < 1.29 is 4.74 Å². The van der Waals surface area contributed by atoms with Crippen LogP contribution in [0.3, 0.4) is 0 Å². The van der Waals surface area contributed by atoms with E-state index in [4.69, 9.17) is 4.74 Å². The third-order valence-corrected chi connectivity index (χ3v) is 3.34. The smallest absolute Gasteiger partial charge is 0.123 e. The number of benzene rings is 2. The lowest BCUT2D eigenvalue weighted by Crippen LogP contribution is -1.99. The summed E-state index contributed by atoms with van der Waals surface area (Å²) in [5.41, 5.74) is 3.61. The van der Waals surface area contributed by atoms with Crippen LogP contribution in [-0.2, 0) is 6.42 Å². The zero-order valence-electron chi connectivity index (χ0n) is 10.8. The van der Waals surface area contributed by atoms with Crippen LogP contribution in [0.5, 0.6) is 5.75 Å². The molecule has 2 heteroatoms. The van der Waals surface area contributed by atoms with Gasteiger partial charge in [-0.25, -0.2) is 0 Å². The van der Waals surface area contributed by atoms with Crippen molar-refractivity contribution in [1.82, 2.24) is 0 Å². The molecule has 0 saturated heterocycles. The molecule has 0 atom stereocenters. The van der Waals surface area contributed by atoms with Crippen LogP contribution < -0.4 is 4.74 Å². The third kappa shape index (κ3) is 2.54. The number of thiol groups is 1. The van der Waals surface area contributed by atoms with Crippen LogP contribution >= 0.6 is 12.6 Å². The number of rotatable bonds is 4. The zero-order chi connectivity index (χ0) is 13.0. The van der Waals surface area contributed by atoms with Crippen molar-refractivity contribution in [2.45, 2.75) is 25.2 Å². The summed E-state index contributed by atoms with van der Waals surface area (Å²) in [5, 5.41) is 0. The maximum absolute atomic E-state index is 5.71. The van der Waals surface area contributed by atoms with Gasteiger partial charge in [-0.2, -0.15) is 0 Å². The van der Waals surface area contributed by atoms with Crippen LogP contribution in [0.15, 0.2) is 47.4 Å². The van der Waals surface area contributed by atoms with E-state index in [0.29, 0.717) is 6.61 Å². The quantitative estimate of drug-likeness (QED) is 0.788. The monoisotopic (exact) mass is 258 g/mol. The number of ether oxygens (including phenoxy) is 1. The van der Waals surface area contributed by atoms with Crippen molar-refractivity contribution in [3.63, 3.8) is 0 Å². The van der Waals surface area contributed by atoms with Crippen LogP contribution in [0.25, 0.3) is 11.1 Å². The Bertz CT molecular complexity index is 520. The fourth-order valence-corrected chi connectivity index (χ4v) is 2.52. The predicted molar refractivity (Wildman–Crippen MR) is 79.7 cm³/mol. The van der Waals surface area contributed by atoms with Gasteiger partial charge in [-0.3, -0.25) is 0 Å². The summed E-state index contributed by atoms with van der Waals surface area (Å²) in [6.07, 6.45) is 0.938. The van der Waals surface area contributed by atoms with Gasteiger partial charge in [0, 0.05) is 16.0 Å². The number of hydrogen-bond acceptors (Lipinski definition) is 2. The van der Waals surface area contributed by atoms with Gasteiger partial charge in [-0.05, 0) is 31.0 Å². The average Bonchev–Trinajstić information content (AvgIpc) is 2.41. The summed E-state index contributed by atoms with van der Waals surface area (Å²) in [6, 6.07) is 14.4. The van der Waals surface area contributed by atoms with E-state index in [1.54, 1.807) is 0 Å². The van der Waals surface area contributed by atoms with E-state index in [9.17, 15) is 0 Å². The van der Waals surface area contributed by atoms with Crippen LogP contribution in [0, 0.1) is 0 Å². The van der Waals surface area contributed by atoms with Crippen LogP contribution in [-0.4, -0.2) is 6.61 Å². The van der Waals surface area contributed by atoms with Crippen LogP contribution in [0.2, 0.25) is 0 Å². The Morgan fingerprint density at radius 1 is 1.00 bits per heavy atom. The van der Waals surface area contributed by atoms with Gasteiger partial charge in [0.25, 0.3) is 0 Å². The van der Waals surface area contributed by atoms with Crippen molar-refractivity contribution >= 4 is 12.6 Å². The minimum Gasteiger partial charge on any atom is -0.494 e. The summed E-state index contributed by atoms with van der Waals surface area (Å²) in [7, 11) is 0. The van der Waals surface area contributed by atoms with Gasteiger partial charge in [0.1, 0.15) is 5.75 Å². The molecule has 0 radical (unpaired) electrons. The topological polar surface area (TPSA) is 9.23 Å². The van der Waals surface area contributed by atoms with Gasteiger partial charge in [0.15, 0.2) is 0 Å². The van der Waals surface area contributed by atoms with Gasteiger partial charge in [0.2, 0.25) is 0 Å². The standard InChI is InChI=1S/C16H18OS/c1-3-13-14(17-4-2)10-11-15(18)16(13)12-8-6-5-7-9-12/h5-11,18H,3-4H2,1-2H3. The molecule has 0 aromatic heterocycles. The van der Waals surface area contributed by atoms with E-state index in [1.807, 2.05) is 25.1 Å². The minimum absolute atomic E-state index is 0.688. The van der Waals surface area contributed by atoms with E-state index >= 15 is 0 Å². The molecule has 0 saturated carbocycles. The molecule has 0 fully saturated rings. The van der Waals surface area contributed by atoms with Gasteiger partial charge in [0.05, 0.1) is 6.61 Å². The Balaban J connectivity index is 2.61. The normalized spacial score (nSPS) is 10.4. The fourth-order valence-electron chi connectivity index (χ4n) is 2.19. The molecule has 0 spiro atoms. The molecule has 0 aliphatic heterocycles. The molecule has 0 aliphatic rings. The Labute approximate surface area is 114 Å². The average molecular weight is 258 g/mol. The molecule has 2 rings (SSSR count). The first-order valence-corrected chi connectivity index (χ1v) is 6.75. The Morgan fingerprint density at radius 3 is 2.33 bits per heavy atom. The maximum atomic E-state index is 5.71. The van der Waals surface area contributed by atoms with E-state index in [1.165, 1.54) is 16.7 Å². The molecule has 2 aromatic carbocycles. The SMILES string of the molecule is CCOc1ccc(S)c(-c2ccccc2)c1CC. The van der Waals surface area contributed by atoms with Gasteiger partial charge in [-0.1, -0.05) is 37.3 Å². The van der Waals surface area contributed by atoms with Gasteiger partial charge < -0.3 is 4.74 Å². The molecule has 0 N–H and O–H groups in total. The first-order valence-electron chi connectivity index (χ1n) is 6.31. The maximum Gasteiger partial charge on any atom is 0.123 e. The molecule has 94 valence electrons. The highest BCUT2D eigenvalue weighted by Gasteiger charge is 2.12. The van der Waals surface area contributed by atoms with E-state index in [2.05, 4.69) is 43.8 Å². The third-order valence-electron chi connectivity index (χ3n) is 2.96. The van der Waals surface area contributed by atoms with E-state index in [-0.39, 0.29) is 0 Å². The highest BCUT2D eigenvalue weighted by molar-refractivity contribution is 7.80. The first kappa shape index (κ1) is 13.0. The van der Waals surface area contributed by atoms with E-state index < -0.39 is 0 Å². The molecular weight excluding hydrogens is 240 g/mol. The lowest BCUT2D eigenvalue weighted by Gasteiger charge is -2.16. The van der Waals surface area contributed by atoms with Crippen molar-refractivity contribution in [3.05, 3.63) is 48.0 Å². The Hall–Kier alpha value is -1.41. The highest BCUT2D eigenvalue weighted by Crippen LogP contribution is 2.36. The highest BCUT2D eigenvalue weighted by atomic mass is 32.1. The van der Waals surface area contributed by atoms with Gasteiger partial charge in [-0.15, -0.1) is 12.6 Å². The molecule has 18 heavy (non-hydrogen) atoms. The minimum atomic E-state index is 0.688. The molecular formula is C16H18OS. The number of hydrogen-bond donors (Lipinski definition) is 1. The van der Waals surface area contributed by atoms with Crippen molar-refractivity contribution in [2.75, 3.05) is 6.61 Å². The molecule has 0 unspecified atom stereocenters. The molecule has 1 nitrogen and oxygen atoms in total. The zero-order valence-corrected chi connectivity index (χ0v) is 11.7. The summed E-state index contributed by atoms with van der Waals surface area (Å²) >= 11 is 4.59. The lowest BCUT2D eigenvalue weighted by atomic mass is 9.97. The second-order valence-corrected chi connectivity index (χ2v) is 4.57. The van der Waals surface area contributed by atoms with Crippen molar-refractivity contribution in [2.24, 2.45) is 0 Å². The predicted octanol–water partition coefficient (Wildman–Crippen LogP) is 4.60. The van der Waals surface area contributed by atoms with Crippen molar-refractivity contribution in [1.29, 1.82) is 0 Å². The molecule has 0 amide bonds. The second-order valence-electron chi connectivity index (χ2n) is 4.09. The van der Waals surface area contributed by atoms with Crippen molar-refractivity contribution in [3.8, 4) is 16.9 Å². The fraction of sp³-hybridized carbons (Fsp3) is 0.250. The summed E-state index contributed by atoms with van der Waals surface area (Å²) in [4.78, 5) is 1.00. The molecule has 0 bridgehead atoms. The summed E-state index contributed by atoms with van der Waals surface area (Å²) < 4.78 is 5.71.